The Kier molecular flexibility index (Phi) is 6.92. The molecule has 0 fully saturated rings. The monoisotopic (exact) mass is 393 g/mol. The molecule has 0 spiro atoms. The Morgan fingerprint density at radius 1 is 1.10 bits per heavy atom. The van der Waals surface area contributed by atoms with Crippen molar-refractivity contribution in [1.29, 1.82) is 0 Å². The van der Waals surface area contributed by atoms with Gasteiger partial charge in [0.25, 0.3) is 5.91 Å². The molecule has 0 saturated heterocycles. The molecule has 3 rings (SSSR count). The smallest absolute Gasteiger partial charge is 0.270 e. The number of nitrogens with zero attached hydrogens (tertiary/aromatic N) is 2. The number of aromatic nitrogens is 1. The third-order valence-electron chi connectivity index (χ3n) is 4.23. The Labute approximate surface area is 170 Å². The number of halogens is 1. The van der Waals surface area contributed by atoms with Crippen LogP contribution in [-0.2, 0) is 6.54 Å². The lowest BCUT2D eigenvalue weighted by Gasteiger charge is -2.13. The molecule has 0 atom stereocenters. The summed E-state index contributed by atoms with van der Waals surface area (Å²) in [6.45, 7) is 1.40. The Morgan fingerprint density at radius 2 is 1.90 bits per heavy atom. The number of hydrogen-bond donors (Lipinski definition) is 1. The summed E-state index contributed by atoms with van der Waals surface area (Å²) < 4.78 is 18.4. The largest absolute Gasteiger partial charge is 0.492 e. The molecule has 2 aromatic carbocycles. The number of ether oxygens (including phenoxy) is 1. The van der Waals surface area contributed by atoms with Gasteiger partial charge in [0.15, 0.2) is 0 Å². The van der Waals surface area contributed by atoms with Gasteiger partial charge in [0.2, 0.25) is 0 Å². The molecule has 0 aliphatic heterocycles. The zero-order valence-electron chi connectivity index (χ0n) is 16.6. The van der Waals surface area contributed by atoms with Crippen LogP contribution in [0.3, 0.4) is 0 Å². The molecule has 1 aromatic heterocycles. The van der Waals surface area contributed by atoms with Gasteiger partial charge in [-0.15, -0.1) is 0 Å². The van der Waals surface area contributed by atoms with Gasteiger partial charge in [0, 0.05) is 18.3 Å². The van der Waals surface area contributed by atoms with Gasteiger partial charge in [-0.3, -0.25) is 9.78 Å². The first kappa shape index (κ1) is 20.5. The molecule has 1 amide bonds. The molecule has 5 nitrogen and oxygen atoms in total. The Morgan fingerprint density at radius 3 is 2.66 bits per heavy atom. The minimum atomic E-state index is -0.317. The van der Waals surface area contributed by atoms with Crippen molar-refractivity contribution >= 4 is 5.91 Å². The van der Waals surface area contributed by atoms with Crippen LogP contribution in [-0.4, -0.2) is 43.0 Å². The molecule has 0 saturated carbocycles. The summed E-state index contributed by atoms with van der Waals surface area (Å²) in [5.41, 5.74) is 3.27. The normalized spacial score (nSPS) is 10.8. The van der Waals surface area contributed by atoms with E-state index in [1.54, 1.807) is 18.3 Å². The fourth-order valence-corrected chi connectivity index (χ4v) is 2.97. The van der Waals surface area contributed by atoms with Crippen molar-refractivity contribution in [3.63, 3.8) is 0 Å². The van der Waals surface area contributed by atoms with Gasteiger partial charge in [-0.05, 0) is 61.6 Å². The molecule has 3 aromatic rings. The van der Waals surface area contributed by atoms with Crippen LogP contribution in [0.4, 0.5) is 4.39 Å². The summed E-state index contributed by atoms with van der Waals surface area (Å²) in [7, 11) is 4.03. The zero-order chi connectivity index (χ0) is 20.6. The molecular weight excluding hydrogens is 369 g/mol. The van der Waals surface area contributed by atoms with Crippen molar-refractivity contribution in [3.05, 3.63) is 83.9 Å². The standard InChI is InChI=1S/C23H24FN3O2/c1-27(2)16-17-5-3-6-18(15-17)21-7-4-12-25-22(21)23(28)26-13-14-29-20-10-8-19(24)9-11-20/h3-12,15H,13-14,16H2,1-2H3,(H,26,28). The number of hydrogen-bond acceptors (Lipinski definition) is 4. The van der Waals surface area contributed by atoms with E-state index >= 15 is 0 Å². The lowest BCUT2D eigenvalue weighted by Crippen LogP contribution is -2.29. The number of rotatable bonds is 8. The Bertz CT molecular complexity index is 958. The van der Waals surface area contributed by atoms with Crippen LogP contribution in [0.15, 0.2) is 66.9 Å². The maximum atomic E-state index is 12.9. The molecule has 29 heavy (non-hydrogen) atoms. The van der Waals surface area contributed by atoms with Crippen molar-refractivity contribution in [3.8, 4) is 16.9 Å². The van der Waals surface area contributed by atoms with E-state index in [1.165, 1.54) is 12.1 Å². The predicted molar refractivity (Wildman–Crippen MR) is 111 cm³/mol. The van der Waals surface area contributed by atoms with Gasteiger partial charge in [-0.2, -0.15) is 0 Å². The van der Waals surface area contributed by atoms with E-state index in [2.05, 4.69) is 27.3 Å². The molecule has 0 bridgehead atoms. The minimum absolute atomic E-state index is 0.263. The fourth-order valence-electron chi connectivity index (χ4n) is 2.97. The second-order valence-electron chi connectivity index (χ2n) is 6.90. The lowest BCUT2D eigenvalue weighted by atomic mass is 10.0. The molecular formula is C23H24FN3O2. The molecule has 0 aliphatic carbocycles. The highest BCUT2D eigenvalue weighted by atomic mass is 19.1. The summed E-state index contributed by atoms with van der Waals surface area (Å²) in [5.74, 6) is -0.0267. The average molecular weight is 393 g/mol. The van der Waals surface area contributed by atoms with E-state index in [1.807, 2.05) is 38.4 Å². The van der Waals surface area contributed by atoms with E-state index in [0.717, 1.165) is 23.2 Å². The Hall–Kier alpha value is -3.25. The number of carbonyl (C=O) groups is 1. The number of benzene rings is 2. The topological polar surface area (TPSA) is 54.5 Å². The summed E-state index contributed by atoms with van der Waals surface area (Å²) in [5, 5.41) is 2.83. The lowest BCUT2D eigenvalue weighted by molar-refractivity contribution is 0.0942. The van der Waals surface area contributed by atoms with E-state index in [-0.39, 0.29) is 18.3 Å². The minimum Gasteiger partial charge on any atom is -0.492 e. The average Bonchev–Trinajstić information content (AvgIpc) is 2.72. The summed E-state index contributed by atoms with van der Waals surface area (Å²) in [4.78, 5) is 19.1. The second kappa shape index (κ2) is 9.80. The number of amides is 1. The van der Waals surface area contributed by atoms with Crippen LogP contribution in [0.2, 0.25) is 0 Å². The molecule has 0 unspecified atom stereocenters. The first-order valence-corrected chi connectivity index (χ1v) is 9.38. The number of carbonyl (C=O) groups excluding carboxylic acids is 1. The van der Waals surface area contributed by atoms with Crippen LogP contribution < -0.4 is 10.1 Å². The van der Waals surface area contributed by atoms with Crippen LogP contribution >= 0.6 is 0 Å². The van der Waals surface area contributed by atoms with Gasteiger partial charge in [-0.1, -0.05) is 24.3 Å². The highest BCUT2D eigenvalue weighted by Crippen LogP contribution is 2.23. The number of pyridine rings is 1. The molecule has 1 N–H and O–H groups in total. The first-order chi connectivity index (χ1) is 14.0. The third-order valence-corrected chi connectivity index (χ3v) is 4.23. The maximum absolute atomic E-state index is 12.9. The van der Waals surface area contributed by atoms with E-state index in [4.69, 9.17) is 4.74 Å². The van der Waals surface area contributed by atoms with Crippen LogP contribution in [0.1, 0.15) is 16.1 Å². The van der Waals surface area contributed by atoms with Gasteiger partial charge < -0.3 is 15.0 Å². The van der Waals surface area contributed by atoms with Crippen molar-refractivity contribution in [2.75, 3.05) is 27.2 Å². The third kappa shape index (κ3) is 5.86. The van der Waals surface area contributed by atoms with Crippen molar-refractivity contribution in [2.24, 2.45) is 0 Å². The van der Waals surface area contributed by atoms with Gasteiger partial charge >= 0.3 is 0 Å². The van der Waals surface area contributed by atoms with Crippen molar-refractivity contribution in [2.45, 2.75) is 6.54 Å². The Balaban J connectivity index is 1.65. The van der Waals surface area contributed by atoms with E-state index in [9.17, 15) is 9.18 Å². The van der Waals surface area contributed by atoms with Crippen molar-refractivity contribution in [1.82, 2.24) is 15.2 Å². The summed E-state index contributed by atoms with van der Waals surface area (Å²) in [6.07, 6.45) is 1.61. The predicted octanol–water partition coefficient (Wildman–Crippen LogP) is 3.76. The van der Waals surface area contributed by atoms with Gasteiger partial charge in [0.1, 0.15) is 23.9 Å². The van der Waals surface area contributed by atoms with Crippen LogP contribution in [0.25, 0.3) is 11.1 Å². The molecule has 1 heterocycles. The quantitative estimate of drug-likeness (QED) is 0.592. The maximum Gasteiger partial charge on any atom is 0.270 e. The van der Waals surface area contributed by atoms with E-state index < -0.39 is 0 Å². The van der Waals surface area contributed by atoms with Crippen molar-refractivity contribution < 1.29 is 13.9 Å². The number of nitrogens with one attached hydrogen (secondary N) is 1. The molecule has 0 radical (unpaired) electrons. The molecule has 0 aliphatic rings. The fraction of sp³-hybridized carbons (Fsp3) is 0.217. The second-order valence-corrected chi connectivity index (χ2v) is 6.90. The zero-order valence-corrected chi connectivity index (χ0v) is 16.6. The molecule has 6 heteroatoms. The first-order valence-electron chi connectivity index (χ1n) is 9.38. The molecule has 150 valence electrons. The summed E-state index contributed by atoms with van der Waals surface area (Å²) in [6, 6.07) is 17.6. The van der Waals surface area contributed by atoms with Gasteiger partial charge in [0.05, 0.1) is 6.54 Å². The SMILES string of the molecule is CN(C)Cc1cccc(-c2cccnc2C(=O)NCCOc2ccc(F)cc2)c1. The van der Waals surface area contributed by atoms with E-state index in [0.29, 0.717) is 18.0 Å². The highest BCUT2D eigenvalue weighted by Gasteiger charge is 2.14. The summed E-state index contributed by atoms with van der Waals surface area (Å²) >= 11 is 0. The van der Waals surface area contributed by atoms with Gasteiger partial charge in [-0.25, -0.2) is 4.39 Å². The van der Waals surface area contributed by atoms with Crippen LogP contribution in [0, 0.1) is 5.82 Å². The highest BCUT2D eigenvalue weighted by molar-refractivity contribution is 5.98. The van der Waals surface area contributed by atoms with Crippen LogP contribution in [0.5, 0.6) is 5.75 Å².